The van der Waals surface area contributed by atoms with Crippen LogP contribution in [0.15, 0.2) is 18.2 Å². The third kappa shape index (κ3) is 6.60. The molecule has 0 atom stereocenters. The monoisotopic (exact) mass is 285 g/mol. The van der Waals surface area contributed by atoms with E-state index >= 15 is 0 Å². The van der Waals surface area contributed by atoms with Gasteiger partial charge in [0, 0.05) is 32.5 Å². The fourth-order valence-electron chi connectivity index (χ4n) is 1.09. The summed E-state index contributed by atoms with van der Waals surface area (Å²) in [6, 6.07) is 5.30. The van der Waals surface area contributed by atoms with Crippen LogP contribution in [0.1, 0.15) is 11.1 Å². The smallest absolute Gasteiger partial charge is 0.258 e. The van der Waals surface area contributed by atoms with Gasteiger partial charge in [-0.25, -0.2) is 0 Å². The molecule has 5 nitrogen and oxygen atoms in total. The molecular weight excluding hydrogens is 277 g/mol. The van der Waals surface area contributed by atoms with E-state index in [1.54, 1.807) is 26.0 Å². The van der Waals surface area contributed by atoms with Crippen molar-refractivity contribution in [3.05, 3.63) is 39.4 Å². The van der Waals surface area contributed by atoms with Gasteiger partial charge >= 0.3 is 8.26 Å². The molecule has 0 aliphatic carbocycles. The van der Waals surface area contributed by atoms with Crippen LogP contribution in [0.4, 0.5) is 5.69 Å². The van der Waals surface area contributed by atoms with Crippen LogP contribution in [0.3, 0.4) is 0 Å². The summed E-state index contributed by atoms with van der Waals surface area (Å²) in [5.74, 6) is 0. The van der Waals surface area contributed by atoms with Gasteiger partial charge in [0.2, 0.25) is 0 Å². The molecule has 0 saturated heterocycles. The van der Waals surface area contributed by atoms with E-state index in [1.807, 2.05) is 6.07 Å². The lowest BCUT2D eigenvalue weighted by Crippen LogP contribution is -1.93. The molecule has 0 bridgehead atoms. The van der Waals surface area contributed by atoms with Crippen molar-refractivity contribution < 1.29 is 13.3 Å². The van der Waals surface area contributed by atoms with Crippen molar-refractivity contribution in [2.24, 2.45) is 0 Å². The largest absolute Gasteiger partial charge is 0.317 e. The first-order valence-corrected chi connectivity index (χ1v) is 7.11. The van der Waals surface area contributed by atoms with Crippen molar-refractivity contribution in [1.29, 1.82) is 0 Å². The van der Waals surface area contributed by atoms with Crippen LogP contribution < -0.4 is 0 Å². The molecule has 90 valence electrons. The second-order valence-electron chi connectivity index (χ2n) is 2.88. The first kappa shape index (κ1) is 15.2. The van der Waals surface area contributed by atoms with Crippen LogP contribution in [0.2, 0.25) is 0 Å². The number of para-hydroxylation sites is 1. The molecule has 0 amide bonds. The maximum absolute atomic E-state index is 10.4. The second kappa shape index (κ2) is 6.03. The first-order chi connectivity index (χ1) is 7.13. The van der Waals surface area contributed by atoms with Crippen molar-refractivity contribution in [1.82, 2.24) is 0 Å². The second-order valence-corrected chi connectivity index (χ2v) is 6.54. The van der Waals surface area contributed by atoms with Crippen molar-refractivity contribution in [2.75, 3.05) is 0 Å². The number of aryl methyl sites for hydroxylation is 2. The summed E-state index contributed by atoms with van der Waals surface area (Å²) in [5, 5.41) is 10.4. The van der Waals surface area contributed by atoms with Gasteiger partial charge < -0.3 is 0 Å². The van der Waals surface area contributed by atoms with E-state index in [2.05, 4.69) is 21.4 Å². The van der Waals surface area contributed by atoms with E-state index in [0.29, 0.717) is 0 Å². The molecule has 0 saturated carbocycles. The molecule has 0 fully saturated rings. The maximum Gasteiger partial charge on any atom is 0.317 e. The summed E-state index contributed by atoms with van der Waals surface area (Å²) < 4.78 is 18.3. The van der Waals surface area contributed by atoms with E-state index < -0.39 is 8.26 Å². The molecule has 1 rings (SSSR count). The van der Waals surface area contributed by atoms with Crippen molar-refractivity contribution in [3.8, 4) is 0 Å². The van der Waals surface area contributed by atoms with E-state index in [1.165, 1.54) is 0 Å². The molecule has 0 aliphatic heterocycles. The van der Waals surface area contributed by atoms with Gasteiger partial charge in [0.05, 0.1) is 4.92 Å². The summed E-state index contributed by atoms with van der Waals surface area (Å²) >= 11 is 0. The lowest BCUT2D eigenvalue weighted by atomic mass is 10.1. The molecular formula is C8H9Cl2NO4S. The van der Waals surface area contributed by atoms with Gasteiger partial charge in [-0.3, -0.25) is 10.1 Å². The van der Waals surface area contributed by atoms with E-state index in [0.717, 1.165) is 11.1 Å². The average Bonchev–Trinajstić information content (AvgIpc) is 1.99. The number of nitro groups is 1. The maximum atomic E-state index is 10.4. The van der Waals surface area contributed by atoms with E-state index in [4.69, 9.17) is 8.42 Å². The van der Waals surface area contributed by atoms with Gasteiger partial charge in [0.15, 0.2) is 0 Å². The summed E-state index contributed by atoms with van der Waals surface area (Å²) in [6.45, 7) is 3.48. The Bertz CT molecular complexity index is 459. The van der Waals surface area contributed by atoms with Gasteiger partial charge in [-0.1, -0.05) is 18.2 Å². The minimum atomic E-state index is -3.72. The van der Waals surface area contributed by atoms with Crippen molar-refractivity contribution in [3.63, 3.8) is 0 Å². The highest BCUT2D eigenvalue weighted by Crippen LogP contribution is 2.21. The van der Waals surface area contributed by atoms with Crippen LogP contribution >= 0.6 is 21.4 Å². The lowest BCUT2D eigenvalue weighted by Gasteiger charge is -1.98. The van der Waals surface area contributed by atoms with Crippen molar-refractivity contribution in [2.45, 2.75) is 13.8 Å². The molecule has 1 aromatic rings. The van der Waals surface area contributed by atoms with Crippen molar-refractivity contribution >= 4 is 35.3 Å². The van der Waals surface area contributed by atoms with Gasteiger partial charge in [-0.2, -0.15) is 8.42 Å². The predicted octanol–water partition coefficient (Wildman–Crippen LogP) is 2.92. The highest BCUT2D eigenvalue weighted by molar-refractivity contribution is 8.31. The van der Waals surface area contributed by atoms with Gasteiger partial charge in [-0.05, 0) is 13.8 Å². The van der Waals surface area contributed by atoms with Gasteiger partial charge in [0.1, 0.15) is 0 Å². The van der Waals surface area contributed by atoms with Gasteiger partial charge in [0.25, 0.3) is 5.69 Å². The molecule has 0 radical (unpaired) electrons. The number of halogens is 2. The molecule has 0 heterocycles. The number of hydrogen-bond donors (Lipinski definition) is 0. The molecule has 8 heteroatoms. The van der Waals surface area contributed by atoms with Crippen LogP contribution in [0.25, 0.3) is 0 Å². The minimum absolute atomic E-state index is 0.229. The zero-order chi connectivity index (χ0) is 12.9. The predicted molar refractivity (Wildman–Crippen MR) is 63.2 cm³/mol. The van der Waals surface area contributed by atoms with E-state index in [-0.39, 0.29) is 10.6 Å². The molecule has 16 heavy (non-hydrogen) atoms. The zero-order valence-electron chi connectivity index (χ0n) is 8.48. The Morgan fingerprint density at radius 2 is 1.50 bits per heavy atom. The first-order valence-electron chi connectivity index (χ1n) is 3.97. The zero-order valence-corrected chi connectivity index (χ0v) is 10.8. The Labute approximate surface area is 102 Å². The number of rotatable bonds is 1. The highest BCUT2D eigenvalue weighted by atomic mass is 36.0. The number of benzene rings is 1. The Hall–Kier alpha value is -0.850. The van der Waals surface area contributed by atoms with Gasteiger partial charge in [-0.15, -0.1) is 0 Å². The summed E-state index contributed by atoms with van der Waals surface area (Å²) in [5.41, 5.74) is 1.66. The Morgan fingerprint density at radius 1 is 1.19 bits per heavy atom. The molecule has 1 aromatic carbocycles. The number of nitro benzene ring substituents is 1. The minimum Gasteiger partial charge on any atom is -0.258 e. The van der Waals surface area contributed by atoms with Crippen LogP contribution in [0, 0.1) is 24.0 Å². The molecule has 0 spiro atoms. The van der Waals surface area contributed by atoms with E-state index in [9.17, 15) is 10.1 Å². The van der Waals surface area contributed by atoms with Crippen LogP contribution in [0.5, 0.6) is 0 Å². The SMILES string of the molecule is Cc1cccc(C)c1[N+](=O)[O-].O=S(=O)(Cl)Cl. The molecule has 0 aliphatic rings. The average molecular weight is 286 g/mol. The fourth-order valence-corrected chi connectivity index (χ4v) is 1.09. The lowest BCUT2D eigenvalue weighted by molar-refractivity contribution is -0.386. The fraction of sp³-hybridized carbons (Fsp3) is 0.250. The summed E-state index contributed by atoms with van der Waals surface area (Å²) in [4.78, 5) is 10.1. The van der Waals surface area contributed by atoms with Crippen LogP contribution in [-0.4, -0.2) is 13.3 Å². The van der Waals surface area contributed by atoms with Crippen LogP contribution in [-0.2, 0) is 8.26 Å². The molecule has 0 aromatic heterocycles. The summed E-state index contributed by atoms with van der Waals surface area (Å²) in [6.07, 6.45) is 0. The highest BCUT2D eigenvalue weighted by Gasteiger charge is 2.11. The standard InChI is InChI=1S/C8H9NO2.Cl2O2S/c1-6-4-3-5-7(2)8(6)9(10)11;1-5(2,3)4/h3-5H,1-2H3;. The number of nitrogens with zero attached hydrogens (tertiary/aromatic N) is 1. The topological polar surface area (TPSA) is 77.3 Å². The normalized spacial score (nSPS) is 10.2. The molecule has 0 N–H and O–H groups in total. The Kier molecular flexibility index (Phi) is 5.71. The number of hydrogen-bond acceptors (Lipinski definition) is 4. The Morgan fingerprint density at radius 3 is 1.69 bits per heavy atom. The quantitative estimate of drug-likeness (QED) is 0.452. The Balaban J connectivity index is 0.000000385. The third-order valence-corrected chi connectivity index (χ3v) is 1.62. The molecule has 0 unspecified atom stereocenters. The third-order valence-electron chi connectivity index (χ3n) is 1.62. The summed E-state index contributed by atoms with van der Waals surface area (Å²) in [7, 11) is 4.81.